The van der Waals surface area contributed by atoms with E-state index in [2.05, 4.69) is 33.4 Å². The van der Waals surface area contributed by atoms with Crippen LogP contribution in [0, 0.1) is 0 Å². The molecule has 2 aromatic carbocycles. The first kappa shape index (κ1) is 21.8. The summed E-state index contributed by atoms with van der Waals surface area (Å²) in [6.07, 6.45) is 3.37. The molecule has 0 aliphatic heterocycles. The third-order valence-electron chi connectivity index (χ3n) is 3.48. The number of amides is 1. The zero-order valence-corrected chi connectivity index (χ0v) is 17.7. The summed E-state index contributed by atoms with van der Waals surface area (Å²) in [5.74, 6) is 1.66. The van der Waals surface area contributed by atoms with Crippen molar-refractivity contribution in [2.45, 2.75) is 26.7 Å². The Balaban J connectivity index is 1.92. The van der Waals surface area contributed by atoms with Crippen molar-refractivity contribution in [1.29, 1.82) is 0 Å². The number of carbonyl (C=O) groups excluding carboxylic acids is 1. The monoisotopic (exact) mass is 448 g/mol. The van der Waals surface area contributed by atoms with Crippen molar-refractivity contribution in [2.75, 3.05) is 19.8 Å². The van der Waals surface area contributed by atoms with Crippen LogP contribution in [-0.4, -0.2) is 31.9 Å². The van der Waals surface area contributed by atoms with Gasteiger partial charge in [-0.3, -0.25) is 4.79 Å². The zero-order chi connectivity index (χ0) is 20.2. The van der Waals surface area contributed by atoms with Gasteiger partial charge < -0.3 is 14.2 Å². The molecule has 6 nitrogen and oxygen atoms in total. The summed E-state index contributed by atoms with van der Waals surface area (Å²) in [4.78, 5) is 11.9. The number of hydrazone groups is 1. The van der Waals surface area contributed by atoms with Crippen LogP contribution in [0.5, 0.6) is 17.2 Å². The second kappa shape index (κ2) is 12.0. The van der Waals surface area contributed by atoms with Crippen molar-refractivity contribution in [1.82, 2.24) is 5.43 Å². The summed E-state index contributed by atoms with van der Waals surface area (Å²) < 4.78 is 17.7. The van der Waals surface area contributed by atoms with E-state index in [1.807, 2.05) is 37.3 Å². The second-order valence-electron chi connectivity index (χ2n) is 5.94. The summed E-state index contributed by atoms with van der Waals surface area (Å²) in [5, 5.41) is 4.00. The number of nitrogens with one attached hydrogen (secondary N) is 1. The van der Waals surface area contributed by atoms with Crippen LogP contribution in [0.25, 0.3) is 0 Å². The summed E-state index contributed by atoms with van der Waals surface area (Å²) >= 11 is 3.36. The fourth-order valence-electron chi connectivity index (χ4n) is 2.18. The lowest BCUT2D eigenvalue weighted by molar-refractivity contribution is -0.123. The normalized spacial score (nSPS) is 10.7. The van der Waals surface area contributed by atoms with Gasteiger partial charge in [-0.25, -0.2) is 5.43 Å². The van der Waals surface area contributed by atoms with Gasteiger partial charge in [0.1, 0.15) is 17.2 Å². The highest BCUT2D eigenvalue weighted by Crippen LogP contribution is 2.24. The largest absolute Gasteiger partial charge is 0.493 e. The molecule has 0 atom stereocenters. The third kappa shape index (κ3) is 7.60. The number of halogens is 1. The molecule has 0 spiro atoms. The quantitative estimate of drug-likeness (QED) is 0.404. The van der Waals surface area contributed by atoms with Gasteiger partial charge in [-0.15, -0.1) is 0 Å². The highest BCUT2D eigenvalue weighted by Gasteiger charge is 2.06. The molecule has 2 aromatic rings. The average Bonchev–Trinajstić information content (AvgIpc) is 2.70. The Bertz CT molecular complexity index is 796. The van der Waals surface area contributed by atoms with Gasteiger partial charge in [-0.2, -0.15) is 5.10 Å². The second-order valence-corrected chi connectivity index (χ2v) is 6.85. The Morgan fingerprint density at radius 3 is 2.54 bits per heavy atom. The van der Waals surface area contributed by atoms with Gasteiger partial charge in [0.25, 0.3) is 5.91 Å². The first-order chi connectivity index (χ1) is 13.6. The molecule has 0 aromatic heterocycles. The van der Waals surface area contributed by atoms with Gasteiger partial charge in [-0.05, 0) is 43.2 Å². The lowest BCUT2D eigenvalue weighted by Gasteiger charge is -2.11. The smallest absolute Gasteiger partial charge is 0.277 e. The molecule has 1 N–H and O–H groups in total. The van der Waals surface area contributed by atoms with Gasteiger partial charge in [-0.1, -0.05) is 35.8 Å². The van der Waals surface area contributed by atoms with Crippen LogP contribution in [0.3, 0.4) is 0 Å². The van der Waals surface area contributed by atoms with E-state index >= 15 is 0 Å². The van der Waals surface area contributed by atoms with E-state index in [9.17, 15) is 4.79 Å². The summed E-state index contributed by atoms with van der Waals surface area (Å²) in [6, 6.07) is 12.8. The maximum absolute atomic E-state index is 11.9. The molecule has 7 heteroatoms. The molecule has 28 heavy (non-hydrogen) atoms. The maximum atomic E-state index is 11.9. The molecular formula is C21H25BrN2O4. The topological polar surface area (TPSA) is 69.2 Å². The Labute approximate surface area is 174 Å². The molecule has 1 amide bonds. The van der Waals surface area contributed by atoms with E-state index in [0.29, 0.717) is 24.7 Å². The number of nitrogens with zero attached hydrogens (tertiary/aromatic N) is 1. The van der Waals surface area contributed by atoms with Crippen molar-refractivity contribution < 1.29 is 19.0 Å². The van der Waals surface area contributed by atoms with E-state index in [1.165, 1.54) is 0 Å². The maximum Gasteiger partial charge on any atom is 0.277 e. The highest BCUT2D eigenvalue weighted by atomic mass is 79.9. The van der Waals surface area contributed by atoms with Crippen molar-refractivity contribution >= 4 is 28.1 Å². The molecule has 0 bridgehead atoms. The Morgan fingerprint density at radius 2 is 1.79 bits per heavy atom. The van der Waals surface area contributed by atoms with E-state index in [1.54, 1.807) is 18.3 Å². The van der Waals surface area contributed by atoms with Gasteiger partial charge >= 0.3 is 0 Å². The lowest BCUT2D eigenvalue weighted by Crippen LogP contribution is -2.24. The first-order valence-corrected chi connectivity index (χ1v) is 10.0. The Kier molecular flexibility index (Phi) is 9.34. The summed E-state index contributed by atoms with van der Waals surface area (Å²) in [7, 11) is 0. The van der Waals surface area contributed by atoms with Crippen LogP contribution in [0.4, 0.5) is 0 Å². The van der Waals surface area contributed by atoms with Gasteiger partial charge in [0.15, 0.2) is 6.61 Å². The minimum Gasteiger partial charge on any atom is -0.493 e. The molecule has 0 saturated carbocycles. The van der Waals surface area contributed by atoms with Crippen LogP contribution >= 0.6 is 15.9 Å². The van der Waals surface area contributed by atoms with Crippen LogP contribution in [0.15, 0.2) is 52.0 Å². The fraction of sp³-hybridized carbons (Fsp3) is 0.333. The number of carbonyl (C=O) groups is 1. The van der Waals surface area contributed by atoms with E-state index in [4.69, 9.17) is 14.2 Å². The number of hydrogen-bond donors (Lipinski definition) is 1. The molecule has 2 rings (SSSR count). The zero-order valence-electron chi connectivity index (χ0n) is 16.1. The SMILES string of the molecule is CCCOc1ccc(/C=N\NC(=O)COc2cccc(Br)c2)c(OCCC)c1. The molecule has 0 aliphatic carbocycles. The van der Waals surface area contributed by atoms with Crippen LogP contribution in [0.1, 0.15) is 32.3 Å². The van der Waals surface area contributed by atoms with E-state index < -0.39 is 0 Å². The van der Waals surface area contributed by atoms with Gasteiger partial charge in [0.2, 0.25) is 0 Å². The molecule has 150 valence electrons. The Morgan fingerprint density at radius 1 is 1.04 bits per heavy atom. The van der Waals surface area contributed by atoms with E-state index in [-0.39, 0.29) is 12.5 Å². The molecule has 0 unspecified atom stereocenters. The fourth-order valence-corrected chi connectivity index (χ4v) is 2.56. The van der Waals surface area contributed by atoms with Crippen LogP contribution in [-0.2, 0) is 4.79 Å². The number of hydrogen-bond acceptors (Lipinski definition) is 5. The molecule has 0 fully saturated rings. The first-order valence-electron chi connectivity index (χ1n) is 9.22. The van der Waals surface area contributed by atoms with Crippen LogP contribution in [0.2, 0.25) is 0 Å². The molecule has 0 saturated heterocycles. The van der Waals surface area contributed by atoms with Crippen molar-refractivity contribution in [3.63, 3.8) is 0 Å². The van der Waals surface area contributed by atoms with Crippen molar-refractivity contribution in [3.05, 3.63) is 52.5 Å². The summed E-state index contributed by atoms with van der Waals surface area (Å²) in [5.41, 5.74) is 3.21. The number of ether oxygens (including phenoxy) is 3. The van der Waals surface area contributed by atoms with Crippen molar-refractivity contribution in [2.24, 2.45) is 5.10 Å². The minimum atomic E-state index is -0.352. The predicted molar refractivity (Wildman–Crippen MR) is 113 cm³/mol. The minimum absolute atomic E-state index is 0.128. The van der Waals surface area contributed by atoms with Crippen molar-refractivity contribution in [3.8, 4) is 17.2 Å². The van der Waals surface area contributed by atoms with E-state index in [0.717, 1.165) is 28.6 Å². The Hall–Kier alpha value is -2.54. The lowest BCUT2D eigenvalue weighted by atomic mass is 10.2. The highest BCUT2D eigenvalue weighted by molar-refractivity contribution is 9.10. The van der Waals surface area contributed by atoms with Crippen LogP contribution < -0.4 is 19.6 Å². The average molecular weight is 449 g/mol. The molecule has 0 heterocycles. The van der Waals surface area contributed by atoms with Gasteiger partial charge in [0, 0.05) is 16.1 Å². The number of benzene rings is 2. The number of rotatable bonds is 11. The summed E-state index contributed by atoms with van der Waals surface area (Å²) in [6.45, 7) is 5.20. The predicted octanol–water partition coefficient (Wildman–Crippen LogP) is 4.56. The molecule has 0 aliphatic rings. The van der Waals surface area contributed by atoms with Gasteiger partial charge in [0.05, 0.1) is 19.4 Å². The third-order valence-corrected chi connectivity index (χ3v) is 3.97. The molecule has 0 radical (unpaired) electrons. The standard InChI is InChI=1S/C21H25BrN2O4/c1-3-10-26-19-9-8-16(20(13-19)27-11-4-2)14-23-24-21(25)15-28-18-7-5-6-17(22)12-18/h5-9,12-14H,3-4,10-11,15H2,1-2H3,(H,24,25)/b23-14-. The molecular weight excluding hydrogens is 424 g/mol.